The summed E-state index contributed by atoms with van der Waals surface area (Å²) in [5.41, 5.74) is 1.25. The molecule has 1 unspecified atom stereocenters. The highest BCUT2D eigenvalue weighted by molar-refractivity contribution is 5.73. The molecule has 6 nitrogen and oxygen atoms in total. The van der Waals surface area contributed by atoms with Crippen molar-refractivity contribution in [2.24, 2.45) is 0 Å². The molecule has 27 heavy (non-hydrogen) atoms. The van der Waals surface area contributed by atoms with Gasteiger partial charge in [0.2, 0.25) is 0 Å². The number of amides is 2. The maximum Gasteiger partial charge on any atom is 0.317 e. The van der Waals surface area contributed by atoms with E-state index >= 15 is 0 Å². The SMILES string of the molecule is COc1ccc(OCCNC(=O)NC(C)Oc2ccc(C(C)C)cc2)cc1. The van der Waals surface area contributed by atoms with E-state index in [1.165, 1.54) is 5.56 Å². The molecule has 0 fully saturated rings. The molecule has 0 heterocycles. The molecule has 146 valence electrons. The summed E-state index contributed by atoms with van der Waals surface area (Å²) < 4.78 is 16.3. The van der Waals surface area contributed by atoms with Gasteiger partial charge in [-0.25, -0.2) is 4.79 Å². The zero-order chi connectivity index (χ0) is 19.6. The summed E-state index contributed by atoms with van der Waals surface area (Å²) in [4.78, 5) is 11.9. The van der Waals surface area contributed by atoms with Crippen molar-refractivity contribution in [3.05, 3.63) is 54.1 Å². The van der Waals surface area contributed by atoms with Gasteiger partial charge in [0.1, 0.15) is 23.9 Å². The van der Waals surface area contributed by atoms with Gasteiger partial charge in [0.25, 0.3) is 0 Å². The van der Waals surface area contributed by atoms with Gasteiger partial charge in [-0.15, -0.1) is 0 Å². The number of ether oxygens (including phenoxy) is 3. The Morgan fingerprint density at radius 2 is 1.52 bits per heavy atom. The van der Waals surface area contributed by atoms with Crippen LogP contribution in [-0.2, 0) is 0 Å². The Bertz CT molecular complexity index is 699. The Hall–Kier alpha value is -2.89. The van der Waals surface area contributed by atoms with Gasteiger partial charge >= 0.3 is 6.03 Å². The first kappa shape index (κ1) is 20.4. The van der Waals surface area contributed by atoms with Gasteiger partial charge in [0, 0.05) is 0 Å². The molecular formula is C21H28N2O4. The topological polar surface area (TPSA) is 68.8 Å². The van der Waals surface area contributed by atoms with E-state index in [1.807, 2.05) is 48.5 Å². The van der Waals surface area contributed by atoms with E-state index in [1.54, 1.807) is 14.0 Å². The summed E-state index contributed by atoms with van der Waals surface area (Å²) in [6, 6.07) is 14.9. The fourth-order valence-corrected chi connectivity index (χ4v) is 2.41. The number of carbonyl (C=O) groups is 1. The van der Waals surface area contributed by atoms with E-state index in [0.29, 0.717) is 19.1 Å². The second-order valence-corrected chi connectivity index (χ2v) is 6.41. The number of hydrogen-bond acceptors (Lipinski definition) is 4. The number of rotatable bonds is 9. The van der Waals surface area contributed by atoms with Gasteiger partial charge in [-0.1, -0.05) is 26.0 Å². The number of urea groups is 1. The highest BCUT2D eigenvalue weighted by atomic mass is 16.5. The summed E-state index contributed by atoms with van der Waals surface area (Å²) in [5.74, 6) is 2.68. The molecule has 0 aliphatic carbocycles. The second-order valence-electron chi connectivity index (χ2n) is 6.41. The van der Waals surface area contributed by atoms with E-state index < -0.39 is 6.23 Å². The molecule has 2 N–H and O–H groups in total. The smallest absolute Gasteiger partial charge is 0.317 e. The standard InChI is InChI=1S/C21H28N2O4/c1-15(2)17-5-7-20(8-6-17)27-16(3)23-21(24)22-13-14-26-19-11-9-18(25-4)10-12-19/h5-12,15-16H,13-14H2,1-4H3,(H2,22,23,24). The molecule has 0 aliphatic rings. The summed E-state index contributed by atoms with van der Waals surface area (Å²) in [6.07, 6.45) is -0.447. The van der Waals surface area contributed by atoms with Gasteiger partial charge in [0.15, 0.2) is 6.23 Å². The van der Waals surface area contributed by atoms with E-state index in [9.17, 15) is 4.79 Å². The van der Waals surface area contributed by atoms with E-state index in [2.05, 4.69) is 24.5 Å². The first-order valence-electron chi connectivity index (χ1n) is 9.05. The third kappa shape index (κ3) is 7.09. The van der Waals surface area contributed by atoms with E-state index in [-0.39, 0.29) is 6.03 Å². The second kappa shape index (κ2) is 10.3. The van der Waals surface area contributed by atoms with Crippen molar-refractivity contribution in [2.45, 2.75) is 32.9 Å². The van der Waals surface area contributed by atoms with E-state index in [0.717, 1.165) is 17.2 Å². The highest BCUT2D eigenvalue weighted by Crippen LogP contribution is 2.19. The lowest BCUT2D eigenvalue weighted by Gasteiger charge is -2.17. The Morgan fingerprint density at radius 1 is 0.926 bits per heavy atom. The maximum atomic E-state index is 11.9. The lowest BCUT2D eigenvalue weighted by molar-refractivity contribution is 0.176. The predicted octanol–water partition coefficient (Wildman–Crippen LogP) is 3.92. The number of hydrogen-bond donors (Lipinski definition) is 2. The van der Waals surface area contributed by atoms with Gasteiger partial charge in [-0.3, -0.25) is 0 Å². The van der Waals surface area contributed by atoms with Crippen molar-refractivity contribution >= 4 is 6.03 Å². The fourth-order valence-electron chi connectivity index (χ4n) is 2.41. The molecule has 2 aromatic rings. The summed E-state index contributed by atoms with van der Waals surface area (Å²) in [5, 5.41) is 5.47. The summed E-state index contributed by atoms with van der Waals surface area (Å²) >= 11 is 0. The van der Waals surface area contributed by atoms with Crippen LogP contribution in [0, 0.1) is 0 Å². The summed E-state index contributed by atoms with van der Waals surface area (Å²) in [6.45, 7) is 6.81. The molecule has 2 rings (SSSR count). The van der Waals surface area contributed by atoms with Crippen LogP contribution in [0.1, 0.15) is 32.3 Å². The lowest BCUT2D eigenvalue weighted by Crippen LogP contribution is -2.44. The van der Waals surface area contributed by atoms with Crippen molar-refractivity contribution in [1.82, 2.24) is 10.6 Å². The largest absolute Gasteiger partial charge is 0.497 e. The zero-order valence-electron chi connectivity index (χ0n) is 16.3. The molecule has 2 amide bonds. The number of nitrogens with one attached hydrogen (secondary N) is 2. The van der Waals surface area contributed by atoms with Crippen LogP contribution < -0.4 is 24.8 Å². The normalized spacial score (nSPS) is 11.6. The van der Waals surface area contributed by atoms with Crippen LogP contribution in [0.4, 0.5) is 4.79 Å². The molecule has 6 heteroatoms. The average Bonchev–Trinajstić information content (AvgIpc) is 2.66. The van der Waals surface area contributed by atoms with Crippen molar-refractivity contribution in [2.75, 3.05) is 20.3 Å². The van der Waals surface area contributed by atoms with Gasteiger partial charge < -0.3 is 24.8 Å². The molecule has 0 spiro atoms. The Labute approximate surface area is 160 Å². The minimum absolute atomic E-state index is 0.306. The van der Waals surface area contributed by atoms with Crippen molar-refractivity contribution in [3.63, 3.8) is 0 Å². The van der Waals surface area contributed by atoms with Crippen LogP contribution in [0.3, 0.4) is 0 Å². The van der Waals surface area contributed by atoms with Crippen LogP contribution in [0.15, 0.2) is 48.5 Å². The van der Waals surface area contributed by atoms with Crippen LogP contribution in [-0.4, -0.2) is 32.5 Å². The number of carbonyl (C=O) groups excluding carboxylic acids is 1. The quantitative estimate of drug-likeness (QED) is 0.517. The van der Waals surface area contributed by atoms with Gasteiger partial charge in [-0.05, 0) is 54.8 Å². The molecule has 0 bridgehead atoms. The highest BCUT2D eigenvalue weighted by Gasteiger charge is 2.08. The van der Waals surface area contributed by atoms with Crippen molar-refractivity contribution < 1.29 is 19.0 Å². The van der Waals surface area contributed by atoms with Crippen molar-refractivity contribution in [3.8, 4) is 17.2 Å². The molecule has 0 aliphatic heterocycles. The predicted molar refractivity (Wildman–Crippen MR) is 106 cm³/mol. The zero-order valence-corrected chi connectivity index (χ0v) is 16.3. The fraction of sp³-hybridized carbons (Fsp3) is 0.381. The Balaban J connectivity index is 1.65. The molecule has 0 saturated carbocycles. The van der Waals surface area contributed by atoms with Crippen LogP contribution in [0.25, 0.3) is 0 Å². The van der Waals surface area contributed by atoms with Crippen LogP contribution >= 0.6 is 0 Å². The minimum atomic E-state index is -0.447. The molecule has 0 radical (unpaired) electrons. The molecule has 2 aromatic carbocycles. The molecule has 1 atom stereocenters. The first-order valence-corrected chi connectivity index (χ1v) is 9.05. The average molecular weight is 372 g/mol. The number of benzene rings is 2. The first-order chi connectivity index (χ1) is 13.0. The van der Waals surface area contributed by atoms with Crippen LogP contribution in [0.2, 0.25) is 0 Å². The van der Waals surface area contributed by atoms with Crippen molar-refractivity contribution in [1.29, 1.82) is 0 Å². The minimum Gasteiger partial charge on any atom is -0.497 e. The Kier molecular flexibility index (Phi) is 7.79. The van der Waals surface area contributed by atoms with Gasteiger partial charge in [0.05, 0.1) is 13.7 Å². The third-order valence-corrected chi connectivity index (χ3v) is 3.91. The lowest BCUT2D eigenvalue weighted by atomic mass is 10.0. The maximum absolute atomic E-state index is 11.9. The van der Waals surface area contributed by atoms with Crippen LogP contribution in [0.5, 0.6) is 17.2 Å². The monoisotopic (exact) mass is 372 g/mol. The Morgan fingerprint density at radius 3 is 2.11 bits per heavy atom. The van der Waals surface area contributed by atoms with E-state index in [4.69, 9.17) is 14.2 Å². The number of methoxy groups -OCH3 is 1. The van der Waals surface area contributed by atoms with Gasteiger partial charge in [-0.2, -0.15) is 0 Å². The molecule has 0 saturated heterocycles. The third-order valence-electron chi connectivity index (χ3n) is 3.91. The summed E-state index contributed by atoms with van der Waals surface area (Å²) in [7, 11) is 1.61. The molecule has 0 aromatic heterocycles. The molecular weight excluding hydrogens is 344 g/mol.